The van der Waals surface area contributed by atoms with E-state index in [0.717, 1.165) is 16.9 Å². The monoisotopic (exact) mass is 340 g/mol. The van der Waals surface area contributed by atoms with Crippen molar-refractivity contribution in [2.24, 2.45) is 0 Å². The first-order valence-corrected chi connectivity index (χ1v) is 8.52. The number of cyclic esters (lactones) is 1. The van der Waals surface area contributed by atoms with Crippen molar-refractivity contribution < 1.29 is 14.3 Å². The van der Waals surface area contributed by atoms with Crippen LogP contribution in [0.25, 0.3) is 0 Å². The molecule has 1 aromatic heterocycles. The number of ether oxygens (including phenoxy) is 1. The first-order chi connectivity index (χ1) is 12.1. The normalized spacial score (nSPS) is 18.1. The first kappa shape index (κ1) is 15.7. The van der Waals surface area contributed by atoms with E-state index in [1.54, 1.807) is 4.90 Å². The molecule has 2 N–H and O–H groups in total. The van der Waals surface area contributed by atoms with Gasteiger partial charge in [-0.05, 0) is 37.5 Å². The minimum absolute atomic E-state index is 0.109. The number of H-pyrrole nitrogens is 1. The number of aromatic amines is 1. The minimum Gasteiger partial charge on any atom is -0.447 e. The maximum absolute atomic E-state index is 12.5. The Morgan fingerprint density at radius 2 is 2.12 bits per heavy atom. The van der Waals surface area contributed by atoms with Crippen LogP contribution in [0.5, 0.6) is 0 Å². The molecule has 2 heterocycles. The van der Waals surface area contributed by atoms with Crippen molar-refractivity contribution in [3.05, 3.63) is 41.6 Å². The number of benzene rings is 1. The van der Waals surface area contributed by atoms with E-state index in [-0.39, 0.29) is 17.9 Å². The molecule has 2 aromatic rings. The number of anilines is 2. The lowest BCUT2D eigenvalue weighted by molar-refractivity contribution is -0.117. The van der Waals surface area contributed by atoms with Gasteiger partial charge in [0.15, 0.2) is 5.82 Å². The van der Waals surface area contributed by atoms with E-state index in [0.29, 0.717) is 24.9 Å². The Morgan fingerprint density at radius 3 is 2.76 bits per heavy atom. The summed E-state index contributed by atoms with van der Waals surface area (Å²) in [7, 11) is 0. The largest absolute Gasteiger partial charge is 0.447 e. The molecule has 2 fully saturated rings. The third kappa shape index (κ3) is 3.22. The van der Waals surface area contributed by atoms with E-state index in [4.69, 9.17) is 4.74 Å². The second-order valence-corrected chi connectivity index (χ2v) is 6.55. The van der Waals surface area contributed by atoms with E-state index in [1.807, 2.05) is 37.3 Å². The van der Waals surface area contributed by atoms with Gasteiger partial charge in [-0.15, -0.1) is 0 Å². The van der Waals surface area contributed by atoms with Crippen LogP contribution in [-0.4, -0.2) is 35.3 Å². The molecule has 2 aliphatic rings. The van der Waals surface area contributed by atoms with Crippen molar-refractivity contribution in [2.75, 3.05) is 23.4 Å². The van der Waals surface area contributed by atoms with Crippen LogP contribution in [0.1, 0.15) is 42.9 Å². The molecule has 1 aromatic carbocycles. The van der Waals surface area contributed by atoms with Crippen LogP contribution in [0.15, 0.2) is 30.3 Å². The Morgan fingerprint density at radius 1 is 1.36 bits per heavy atom. The van der Waals surface area contributed by atoms with E-state index < -0.39 is 0 Å². The third-order valence-corrected chi connectivity index (χ3v) is 4.72. The van der Waals surface area contributed by atoms with Gasteiger partial charge in [0.05, 0.1) is 12.5 Å². The lowest BCUT2D eigenvalue weighted by atomic mass is 10.00. The van der Waals surface area contributed by atoms with Crippen LogP contribution < -0.4 is 10.2 Å². The zero-order chi connectivity index (χ0) is 17.4. The van der Waals surface area contributed by atoms with E-state index in [2.05, 4.69) is 15.5 Å². The fourth-order valence-electron chi connectivity index (χ4n) is 2.96. The molecule has 2 amide bonds. The van der Waals surface area contributed by atoms with E-state index >= 15 is 0 Å². The summed E-state index contributed by atoms with van der Waals surface area (Å²) in [5, 5.41) is 9.99. The Kier molecular flexibility index (Phi) is 3.91. The number of amides is 2. The molecule has 1 aliphatic heterocycles. The average Bonchev–Trinajstić information content (AvgIpc) is 3.22. The van der Waals surface area contributed by atoms with Crippen LogP contribution in [0.2, 0.25) is 0 Å². The first-order valence-electron chi connectivity index (χ1n) is 8.52. The van der Waals surface area contributed by atoms with Crippen LogP contribution in [0.3, 0.4) is 0 Å². The Balaban J connectivity index is 1.41. The molecule has 0 spiro atoms. The Labute approximate surface area is 145 Å². The number of rotatable bonds is 5. The van der Waals surface area contributed by atoms with E-state index in [9.17, 15) is 9.59 Å². The number of nitrogens with one attached hydrogen (secondary N) is 2. The van der Waals surface area contributed by atoms with Crippen molar-refractivity contribution in [1.29, 1.82) is 0 Å². The number of carbonyl (C=O) groups excluding carboxylic acids is 2. The standard InChI is InChI=1S/C18H20N4O3/c1-11(17(23)19-16-10-15(20-21-16)13-2-3-13)12-4-6-14(7-5-12)22-8-9-25-18(22)24/h4-7,10-11,13H,2-3,8-9H2,1H3,(H2,19,20,21,23)/t11-/m1/s1. The molecule has 7 nitrogen and oxygen atoms in total. The molecule has 1 atom stereocenters. The zero-order valence-corrected chi connectivity index (χ0v) is 14.0. The summed E-state index contributed by atoms with van der Waals surface area (Å²) in [4.78, 5) is 25.6. The highest BCUT2D eigenvalue weighted by atomic mass is 16.6. The highest BCUT2D eigenvalue weighted by Crippen LogP contribution is 2.39. The molecule has 7 heteroatoms. The lowest BCUT2D eigenvalue weighted by Gasteiger charge is -2.15. The molecular formula is C18H20N4O3. The van der Waals surface area contributed by atoms with Crippen molar-refractivity contribution in [3.8, 4) is 0 Å². The van der Waals surface area contributed by atoms with Gasteiger partial charge in [0.25, 0.3) is 0 Å². The van der Waals surface area contributed by atoms with Gasteiger partial charge in [0.2, 0.25) is 5.91 Å². The van der Waals surface area contributed by atoms with Crippen molar-refractivity contribution in [1.82, 2.24) is 10.2 Å². The molecule has 130 valence electrons. The minimum atomic E-state index is -0.330. The van der Waals surface area contributed by atoms with Crippen molar-refractivity contribution >= 4 is 23.5 Å². The summed E-state index contributed by atoms with van der Waals surface area (Å²) in [5.41, 5.74) is 2.75. The maximum Gasteiger partial charge on any atom is 0.414 e. The number of hydrogen-bond acceptors (Lipinski definition) is 4. The summed E-state index contributed by atoms with van der Waals surface area (Å²) in [6.07, 6.45) is 2.04. The van der Waals surface area contributed by atoms with Gasteiger partial charge in [0.1, 0.15) is 6.61 Å². The SMILES string of the molecule is C[C@@H](C(=O)Nc1cc(C2CC2)[nH]n1)c1ccc(N2CCOC2=O)cc1. The van der Waals surface area contributed by atoms with Crippen molar-refractivity contribution in [2.45, 2.75) is 31.6 Å². The highest BCUT2D eigenvalue weighted by molar-refractivity contribution is 5.95. The number of hydrogen-bond donors (Lipinski definition) is 2. The second kappa shape index (κ2) is 6.23. The maximum atomic E-state index is 12.5. The van der Waals surface area contributed by atoms with Crippen molar-refractivity contribution in [3.63, 3.8) is 0 Å². The summed E-state index contributed by atoms with van der Waals surface area (Å²) in [6.45, 7) is 2.81. The molecule has 1 saturated carbocycles. The van der Waals surface area contributed by atoms with E-state index in [1.165, 1.54) is 12.8 Å². The number of aromatic nitrogens is 2. The molecule has 1 aliphatic carbocycles. The van der Waals surface area contributed by atoms with Crippen LogP contribution >= 0.6 is 0 Å². The second-order valence-electron chi connectivity index (χ2n) is 6.55. The number of nitrogens with zero attached hydrogens (tertiary/aromatic N) is 2. The van der Waals surface area contributed by atoms with Crippen LogP contribution in [-0.2, 0) is 9.53 Å². The van der Waals surface area contributed by atoms with Gasteiger partial charge in [-0.3, -0.25) is 14.8 Å². The molecule has 4 rings (SSSR count). The summed E-state index contributed by atoms with van der Waals surface area (Å²) in [5.74, 6) is 0.707. The summed E-state index contributed by atoms with van der Waals surface area (Å²) >= 11 is 0. The smallest absolute Gasteiger partial charge is 0.414 e. The van der Waals surface area contributed by atoms with Gasteiger partial charge >= 0.3 is 6.09 Å². The van der Waals surface area contributed by atoms with Crippen LogP contribution in [0, 0.1) is 0 Å². The molecule has 0 unspecified atom stereocenters. The highest BCUT2D eigenvalue weighted by Gasteiger charge is 2.26. The molecule has 0 radical (unpaired) electrons. The average molecular weight is 340 g/mol. The quantitative estimate of drug-likeness (QED) is 0.876. The molecular weight excluding hydrogens is 320 g/mol. The van der Waals surface area contributed by atoms with Gasteiger partial charge in [-0.1, -0.05) is 12.1 Å². The van der Waals surface area contributed by atoms with Gasteiger partial charge in [0, 0.05) is 23.4 Å². The molecule has 1 saturated heterocycles. The van der Waals surface area contributed by atoms with Crippen LogP contribution in [0.4, 0.5) is 16.3 Å². The molecule has 0 bridgehead atoms. The van der Waals surface area contributed by atoms with Gasteiger partial charge in [-0.2, -0.15) is 5.10 Å². The Hall–Kier alpha value is -2.83. The third-order valence-electron chi connectivity index (χ3n) is 4.72. The topological polar surface area (TPSA) is 87.3 Å². The summed E-state index contributed by atoms with van der Waals surface area (Å²) < 4.78 is 4.94. The molecule has 25 heavy (non-hydrogen) atoms. The Bertz CT molecular complexity index is 795. The number of carbonyl (C=O) groups is 2. The fraction of sp³-hybridized carbons (Fsp3) is 0.389. The lowest BCUT2D eigenvalue weighted by Crippen LogP contribution is -2.23. The predicted octanol–water partition coefficient (Wildman–Crippen LogP) is 2.99. The zero-order valence-electron chi connectivity index (χ0n) is 14.0. The predicted molar refractivity (Wildman–Crippen MR) is 92.7 cm³/mol. The van der Waals surface area contributed by atoms with Gasteiger partial charge < -0.3 is 10.1 Å². The van der Waals surface area contributed by atoms with Gasteiger partial charge in [-0.25, -0.2) is 4.79 Å². The fourth-order valence-corrected chi connectivity index (χ4v) is 2.96. The summed E-state index contributed by atoms with van der Waals surface area (Å²) in [6, 6.07) is 9.32.